The van der Waals surface area contributed by atoms with Gasteiger partial charge < -0.3 is 5.11 Å². The summed E-state index contributed by atoms with van der Waals surface area (Å²) in [6, 6.07) is 1.18. The zero-order valence-corrected chi connectivity index (χ0v) is 10.7. The molecule has 0 aromatic rings. The van der Waals surface area contributed by atoms with Crippen LogP contribution in [0.3, 0.4) is 0 Å². The molecule has 0 amide bonds. The molecule has 16 heavy (non-hydrogen) atoms. The Balaban J connectivity index is 1.80. The van der Waals surface area contributed by atoms with Gasteiger partial charge in [-0.2, -0.15) is 0 Å². The van der Waals surface area contributed by atoms with Crippen molar-refractivity contribution in [3.05, 3.63) is 0 Å². The van der Waals surface area contributed by atoms with Crippen molar-refractivity contribution < 1.29 is 5.11 Å². The van der Waals surface area contributed by atoms with Gasteiger partial charge in [0.05, 0.1) is 6.10 Å². The summed E-state index contributed by atoms with van der Waals surface area (Å²) in [6.45, 7) is 9.23. The Kier molecular flexibility index (Phi) is 4.22. The number of hydrogen-bond acceptors (Lipinski definition) is 3. The molecule has 0 bridgehead atoms. The lowest BCUT2D eigenvalue weighted by molar-refractivity contribution is 0.0253. The number of piperazine rings is 1. The fraction of sp³-hybridized carbons (Fsp3) is 1.00. The Labute approximate surface area is 99.4 Å². The Morgan fingerprint density at radius 1 is 1.19 bits per heavy atom. The number of nitrogens with zero attached hydrogens (tertiary/aromatic N) is 2. The van der Waals surface area contributed by atoms with Gasteiger partial charge in [-0.05, 0) is 32.6 Å². The van der Waals surface area contributed by atoms with E-state index in [0.717, 1.165) is 25.6 Å². The van der Waals surface area contributed by atoms with Gasteiger partial charge in [0.25, 0.3) is 0 Å². The molecule has 1 heterocycles. The molecule has 1 saturated heterocycles. The summed E-state index contributed by atoms with van der Waals surface area (Å²) in [5.74, 6) is 0. The van der Waals surface area contributed by atoms with E-state index in [1.807, 2.05) is 0 Å². The van der Waals surface area contributed by atoms with Gasteiger partial charge in [-0.25, -0.2) is 0 Å². The van der Waals surface area contributed by atoms with Crippen LogP contribution in [0, 0.1) is 0 Å². The predicted molar refractivity (Wildman–Crippen MR) is 66.5 cm³/mol. The van der Waals surface area contributed by atoms with Crippen LogP contribution in [-0.2, 0) is 0 Å². The molecule has 0 spiro atoms. The van der Waals surface area contributed by atoms with Crippen LogP contribution in [0.1, 0.15) is 39.5 Å². The van der Waals surface area contributed by atoms with E-state index in [9.17, 15) is 5.11 Å². The molecule has 0 aromatic carbocycles. The predicted octanol–water partition coefficient (Wildman–Crippen LogP) is 1.32. The van der Waals surface area contributed by atoms with Crippen molar-refractivity contribution in [2.75, 3.05) is 26.2 Å². The van der Waals surface area contributed by atoms with Crippen molar-refractivity contribution in [3.8, 4) is 0 Å². The first-order valence-electron chi connectivity index (χ1n) is 6.88. The van der Waals surface area contributed by atoms with Crippen LogP contribution in [0.25, 0.3) is 0 Å². The Bertz CT molecular complexity index is 214. The summed E-state index contributed by atoms with van der Waals surface area (Å²) >= 11 is 0. The van der Waals surface area contributed by atoms with Crippen LogP contribution < -0.4 is 0 Å². The Hall–Kier alpha value is -0.120. The molecule has 3 atom stereocenters. The molecule has 2 aliphatic rings. The average molecular weight is 226 g/mol. The average Bonchev–Trinajstić information content (AvgIpc) is 2.75. The van der Waals surface area contributed by atoms with Crippen LogP contribution in [0.15, 0.2) is 0 Å². The fourth-order valence-electron chi connectivity index (χ4n) is 3.11. The van der Waals surface area contributed by atoms with E-state index >= 15 is 0 Å². The molecule has 94 valence electrons. The van der Waals surface area contributed by atoms with E-state index in [4.69, 9.17) is 0 Å². The van der Waals surface area contributed by atoms with Gasteiger partial charge in [-0.15, -0.1) is 0 Å². The summed E-state index contributed by atoms with van der Waals surface area (Å²) in [6.07, 6.45) is 4.60. The van der Waals surface area contributed by atoms with Crippen molar-refractivity contribution in [1.29, 1.82) is 0 Å². The highest BCUT2D eigenvalue weighted by Gasteiger charge is 2.32. The fourth-order valence-corrected chi connectivity index (χ4v) is 3.11. The van der Waals surface area contributed by atoms with Crippen molar-refractivity contribution in [3.63, 3.8) is 0 Å². The van der Waals surface area contributed by atoms with Gasteiger partial charge in [-0.1, -0.05) is 6.92 Å². The zero-order valence-electron chi connectivity index (χ0n) is 10.7. The third kappa shape index (κ3) is 2.58. The van der Waals surface area contributed by atoms with E-state index in [1.165, 1.54) is 32.4 Å². The van der Waals surface area contributed by atoms with Crippen LogP contribution in [0.5, 0.6) is 0 Å². The number of rotatable bonds is 3. The van der Waals surface area contributed by atoms with E-state index in [0.29, 0.717) is 6.04 Å². The molecule has 1 aliphatic heterocycles. The molecule has 2 rings (SSSR count). The van der Waals surface area contributed by atoms with Gasteiger partial charge in [0.15, 0.2) is 0 Å². The molecule has 1 aliphatic carbocycles. The largest absolute Gasteiger partial charge is 0.391 e. The van der Waals surface area contributed by atoms with Crippen molar-refractivity contribution in [1.82, 2.24) is 9.80 Å². The van der Waals surface area contributed by atoms with Crippen LogP contribution in [0.4, 0.5) is 0 Å². The molecule has 0 aromatic heterocycles. The quantitative estimate of drug-likeness (QED) is 0.786. The number of aliphatic hydroxyl groups is 1. The Morgan fingerprint density at radius 3 is 2.38 bits per heavy atom. The summed E-state index contributed by atoms with van der Waals surface area (Å²) in [4.78, 5) is 5.09. The first-order chi connectivity index (χ1) is 7.72. The second-order valence-corrected chi connectivity index (χ2v) is 5.39. The van der Waals surface area contributed by atoms with Gasteiger partial charge in [-0.3, -0.25) is 9.80 Å². The van der Waals surface area contributed by atoms with Crippen molar-refractivity contribution >= 4 is 0 Å². The highest BCUT2D eigenvalue weighted by atomic mass is 16.3. The summed E-state index contributed by atoms with van der Waals surface area (Å²) in [7, 11) is 0. The van der Waals surface area contributed by atoms with Crippen LogP contribution >= 0.6 is 0 Å². The van der Waals surface area contributed by atoms with Crippen molar-refractivity contribution in [2.45, 2.75) is 57.7 Å². The molecule has 0 radical (unpaired) electrons. The zero-order chi connectivity index (χ0) is 11.5. The lowest BCUT2D eigenvalue weighted by atomic mass is 10.1. The molecule has 1 N–H and O–H groups in total. The number of hydrogen-bond donors (Lipinski definition) is 1. The molecular formula is C13H26N2O. The minimum atomic E-state index is -0.0600. The van der Waals surface area contributed by atoms with Gasteiger partial charge in [0.2, 0.25) is 0 Å². The minimum absolute atomic E-state index is 0.0600. The highest BCUT2D eigenvalue weighted by Crippen LogP contribution is 2.25. The van der Waals surface area contributed by atoms with Gasteiger partial charge >= 0.3 is 0 Å². The van der Waals surface area contributed by atoms with Gasteiger partial charge in [0, 0.05) is 38.3 Å². The minimum Gasteiger partial charge on any atom is -0.391 e. The van der Waals surface area contributed by atoms with E-state index in [-0.39, 0.29) is 6.10 Å². The second kappa shape index (κ2) is 5.48. The molecule has 3 nitrogen and oxygen atoms in total. The third-order valence-corrected chi connectivity index (χ3v) is 4.48. The van der Waals surface area contributed by atoms with E-state index < -0.39 is 0 Å². The summed E-state index contributed by atoms with van der Waals surface area (Å²) in [5, 5.41) is 9.91. The first-order valence-corrected chi connectivity index (χ1v) is 6.88. The first kappa shape index (κ1) is 12.3. The van der Waals surface area contributed by atoms with E-state index in [1.54, 1.807) is 0 Å². The number of aliphatic hydroxyl groups excluding tert-OH is 1. The standard InChI is InChI=1S/C13H26N2O/c1-3-11(2)14-7-9-15(10-8-14)12-5-4-6-13(12)16/h11-13,16H,3-10H2,1-2H3/t11?,12-,13-/m1/s1. The van der Waals surface area contributed by atoms with Crippen molar-refractivity contribution in [2.24, 2.45) is 0 Å². The van der Waals surface area contributed by atoms with Crippen LogP contribution in [0.2, 0.25) is 0 Å². The lowest BCUT2D eigenvalue weighted by Crippen LogP contribution is -2.54. The molecule has 2 fully saturated rings. The maximum absolute atomic E-state index is 9.91. The molecular weight excluding hydrogens is 200 g/mol. The monoisotopic (exact) mass is 226 g/mol. The topological polar surface area (TPSA) is 26.7 Å². The molecule has 3 heteroatoms. The smallest absolute Gasteiger partial charge is 0.0695 e. The normalized spacial score (nSPS) is 35.4. The van der Waals surface area contributed by atoms with Gasteiger partial charge in [0.1, 0.15) is 0 Å². The lowest BCUT2D eigenvalue weighted by Gasteiger charge is -2.41. The Morgan fingerprint density at radius 2 is 1.88 bits per heavy atom. The maximum atomic E-state index is 9.91. The van der Waals surface area contributed by atoms with Crippen LogP contribution in [-0.4, -0.2) is 59.3 Å². The molecule has 1 unspecified atom stereocenters. The van der Waals surface area contributed by atoms with E-state index in [2.05, 4.69) is 23.6 Å². The highest BCUT2D eigenvalue weighted by molar-refractivity contribution is 4.88. The molecule has 1 saturated carbocycles. The second-order valence-electron chi connectivity index (χ2n) is 5.39. The third-order valence-electron chi connectivity index (χ3n) is 4.48. The maximum Gasteiger partial charge on any atom is 0.0695 e. The SMILES string of the molecule is CCC(C)N1CCN([C@@H]2CCC[C@H]2O)CC1. The summed E-state index contributed by atoms with van der Waals surface area (Å²) in [5.41, 5.74) is 0. The summed E-state index contributed by atoms with van der Waals surface area (Å²) < 4.78 is 0.